The quantitative estimate of drug-likeness (QED) is 0.352. The lowest BCUT2D eigenvalue weighted by Gasteiger charge is -2.01. The molecule has 0 atom stereocenters. The Hall–Kier alpha value is -1.06. The minimum absolute atomic E-state index is 0.112. The summed E-state index contributed by atoms with van der Waals surface area (Å²) in [5, 5.41) is 12.2. The van der Waals surface area contributed by atoms with E-state index in [0.29, 0.717) is 0 Å². The lowest BCUT2D eigenvalue weighted by Crippen LogP contribution is -2.16. The van der Waals surface area contributed by atoms with Crippen molar-refractivity contribution >= 4 is 11.7 Å². The normalized spacial score (nSPS) is 11.5. The molecule has 15 heavy (non-hydrogen) atoms. The van der Waals surface area contributed by atoms with Gasteiger partial charge in [-0.05, 0) is 13.3 Å². The second-order valence-electron chi connectivity index (χ2n) is 3.68. The minimum atomic E-state index is -0.967. The van der Waals surface area contributed by atoms with Gasteiger partial charge in [-0.1, -0.05) is 39.0 Å². The fourth-order valence-corrected chi connectivity index (χ4v) is 1.21. The number of nitrogens with one attached hydrogen (secondary N) is 1. The highest BCUT2D eigenvalue weighted by atomic mass is 16.4. The Morgan fingerprint density at radius 2 is 1.80 bits per heavy atom. The number of carboxylic acids is 1. The van der Waals surface area contributed by atoms with Crippen LogP contribution in [0.25, 0.3) is 0 Å². The van der Waals surface area contributed by atoms with E-state index in [1.165, 1.54) is 39.0 Å². The molecule has 0 aromatic carbocycles. The Labute approximate surface area is 91.8 Å². The van der Waals surface area contributed by atoms with Crippen LogP contribution < -0.4 is 5.43 Å². The van der Waals surface area contributed by atoms with Gasteiger partial charge < -0.3 is 10.5 Å². The first kappa shape index (κ1) is 13.9. The van der Waals surface area contributed by atoms with Crippen molar-refractivity contribution in [3.05, 3.63) is 0 Å². The van der Waals surface area contributed by atoms with Gasteiger partial charge in [0.25, 0.3) is 0 Å². The molecule has 0 saturated heterocycles. The lowest BCUT2D eigenvalue weighted by molar-refractivity contribution is -0.129. The van der Waals surface area contributed by atoms with E-state index in [0.717, 1.165) is 13.0 Å². The van der Waals surface area contributed by atoms with Crippen LogP contribution in [0.1, 0.15) is 52.4 Å². The van der Waals surface area contributed by atoms with Crippen molar-refractivity contribution in [2.24, 2.45) is 5.10 Å². The summed E-state index contributed by atoms with van der Waals surface area (Å²) in [6, 6.07) is 0. The summed E-state index contributed by atoms with van der Waals surface area (Å²) in [6.07, 6.45) is 7.38. The number of hydrogen-bond donors (Lipinski definition) is 2. The zero-order valence-corrected chi connectivity index (χ0v) is 9.75. The zero-order valence-electron chi connectivity index (χ0n) is 9.75. The number of carboxylic acid groups (broad SMARTS) is 1. The Morgan fingerprint density at radius 1 is 1.20 bits per heavy atom. The van der Waals surface area contributed by atoms with Crippen molar-refractivity contribution in [2.75, 3.05) is 6.54 Å². The van der Waals surface area contributed by atoms with Gasteiger partial charge in [0.15, 0.2) is 0 Å². The lowest BCUT2D eigenvalue weighted by atomic mass is 10.1. The Kier molecular flexibility index (Phi) is 8.82. The van der Waals surface area contributed by atoms with Crippen LogP contribution in [0.3, 0.4) is 0 Å². The molecule has 4 heteroatoms. The Balaban J connectivity index is 3.25. The summed E-state index contributed by atoms with van der Waals surface area (Å²) in [5.74, 6) is -0.967. The summed E-state index contributed by atoms with van der Waals surface area (Å²) in [4.78, 5) is 10.4. The standard InChI is InChI=1S/C11H22N2O2/c1-3-4-5-6-7-8-9-12-13-10(2)11(14)15/h12H,3-9H2,1-2H3,(H,14,15)/b13-10-. The molecule has 0 rings (SSSR count). The van der Waals surface area contributed by atoms with Crippen molar-refractivity contribution < 1.29 is 9.90 Å². The summed E-state index contributed by atoms with van der Waals surface area (Å²) < 4.78 is 0. The molecule has 0 bridgehead atoms. The van der Waals surface area contributed by atoms with Gasteiger partial charge >= 0.3 is 5.97 Å². The van der Waals surface area contributed by atoms with Gasteiger partial charge in [-0.15, -0.1) is 0 Å². The third-order valence-electron chi connectivity index (χ3n) is 2.20. The second kappa shape index (κ2) is 9.49. The summed E-state index contributed by atoms with van der Waals surface area (Å²) in [7, 11) is 0. The minimum Gasteiger partial charge on any atom is -0.477 e. The molecular weight excluding hydrogens is 192 g/mol. The molecule has 0 unspecified atom stereocenters. The van der Waals surface area contributed by atoms with E-state index in [1.54, 1.807) is 0 Å². The molecule has 0 saturated carbocycles. The van der Waals surface area contributed by atoms with E-state index in [1.807, 2.05) is 0 Å². The number of nitrogens with zero attached hydrogens (tertiary/aromatic N) is 1. The van der Waals surface area contributed by atoms with Crippen LogP contribution in [0.15, 0.2) is 5.10 Å². The maximum absolute atomic E-state index is 10.4. The summed E-state index contributed by atoms with van der Waals surface area (Å²) in [6.45, 7) is 4.44. The van der Waals surface area contributed by atoms with E-state index in [2.05, 4.69) is 17.5 Å². The van der Waals surface area contributed by atoms with Crippen LogP contribution >= 0.6 is 0 Å². The van der Waals surface area contributed by atoms with Gasteiger partial charge in [0.2, 0.25) is 0 Å². The molecule has 0 fully saturated rings. The molecular formula is C11H22N2O2. The smallest absolute Gasteiger partial charge is 0.351 e. The summed E-state index contributed by atoms with van der Waals surface area (Å²) in [5.41, 5.74) is 2.88. The monoisotopic (exact) mass is 214 g/mol. The Bertz CT molecular complexity index is 203. The van der Waals surface area contributed by atoms with Crippen LogP contribution in [-0.2, 0) is 4.79 Å². The molecule has 0 heterocycles. The van der Waals surface area contributed by atoms with Gasteiger partial charge in [0.1, 0.15) is 5.71 Å². The molecule has 2 N–H and O–H groups in total. The first-order valence-corrected chi connectivity index (χ1v) is 5.69. The van der Waals surface area contributed by atoms with Crippen molar-refractivity contribution in [1.82, 2.24) is 5.43 Å². The maximum atomic E-state index is 10.4. The van der Waals surface area contributed by atoms with Crippen molar-refractivity contribution in [1.29, 1.82) is 0 Å². The van der Waals surface area contributed by atoms with Gasteiger partial charge in [-0.2, -0.15) is 5.10 Å². The highest BCUT2D eigenvalue weighted by Gasteiger charge is 1.99. The average molecular weight is 214 g/mol. The maximum Gasteiger partial charge on any atom is 0.351 e. The van der Waals surface area contributed by atoms with E-state index in [-0.39, 0.29) is 5.71 Å². The topological polar surface area (TPSA) is 61.7 Å². The van der Waals surface area contributed by atoms with Gasteiger partial charge in [-0.25, -0.2) is 4.79 Å². The number of aliphatic carboxylic acids is 1. The van der Waals surface area contributed by atoms with Crippen molar-refractivity contribution in [3.63, 3.8) is 0 Å². The van der Waals surface area contributed by atoms with Crippen LogP contribution in [0.4, 0.5) is 0 Å². The number of hydrazone groups is 1. The fourth-order valence-electron chi connectivity index (χ4n) is 1.21. The number of hydrogen-bond acceptors (Lipinski definition) is 3. The number of unbranched alkanes of at least 4 members (excludes halogenated alkanes) is 5. The molecule has 4 nitrogen and oxygen atoms in total. The average Bonchev–Trinajstić information content (AvgIpc) is 2.21. The molecule has 0 aliphatic rings. The van der Waals surface area contributed by atoms with Crippen LogP contribution in [0, 0.1) is 0 Å². The van der Waals surface area contributed by atoms with Crippen LogP contribution in [-0.4, -0.2) is 23.3 Å². The third kappa shape index (κ3) is 9.25. The molecule has 0 aromatic heterocycles. The molecule has 0 amide bonds. The van der Waals surface area contributed by atoms with E-state index in [9.17, 15) is 4.79 Å². The van der Waals surface area contributed by atoms with Gasteiger partial charge in [0.05, 0.1) is 0 Å². The fraction of sp³-hybridized carbons (Fsp3) is 0.818. The van der Waals surface area contributed by atoms with E-state index < -0.39 is 5.97 Å². The molecule has 0 spiro atoms. The molecule has 0 radical (unpaired) electrons. The summed E-state index contributed by atoms with van der Waals surface area (Å²) >= 11 is 0. The van der Waals surface area contributed by atoms with E-state index >= 15 is 0 Å². The van der Waals surface area contributed by atoms with E-state index in [4.69, 9.17) is 5.11 Å². The first-order valence-electron chi connectivity index (χ1n) is 5.69. The first-order chi connectivity index (χ1) is 7.18. The van der Waals surface area contributed by atoms with Crippen LogP contribution in [0.5, 0.6) is 0 Å². The molecule has 88 valence electrons. The van der Waals surface area contributed by atoms with Gasteiger partial charge in [-0.3, -0.25) is 0 Å². The largest absolute Gasteiger partial charge is 0.477 e. The zero-order chi connectivity index (χ0) is 11.5. The third-order valence-corrected chi connectivity index (χ3v) is 2.20. The second-order valence-corrected chi connectivity index (χ2v) is 3.68. The van der Waals surface area contributed by atoms with Crippen molar-refractivity contribution in [2.45, 2.75) is 52.4 Å². The Morgan fingerprint density at radius 3 is 2.40 bits per heavy atom. The van der Waals surface area contributed by atoms with Gasteiger partial charge in [0, 0.05) is 6.54 Å². The predicted octanol–water partition coefficient (Wildman–Crippen LogP) is 2.40. The number of rotatable bonds is 9. The van der Waals surface area contributed by atoms with Crippen LogP contribution in [0.2, 0.25) is 0 Å². The highest BCUT2D eigenvalue weighted by Crippen LogP contribution is 2.03. The SMILES string of the molecule is CCCCCCCCN/N=C(/C)C(=O)O. The highest BCUT2D eigenvalue weighted by molar-refractivity contribution is 6.34. The predicted molar refractivity (Wildman–Crippen MR) is 62.1 cm³/mol. The van der Waals surface area contributed by atoms with Crippen molar-refractivity contribution in [3.8, 4) is 0 Å². The molecule has 0 aliphatic carbocycles. The molecule has 0 aromatic rings. The molecule has 0 aliphatic heterocycles. The number of carbonyl (C=O) groups is 1.